The molecule has 3 atom stereocenters. The van der Waals surface area contributed by atoms with E-state index in [1.54, 1.807) is 0 Å². The van der Waals surface area contributed by atoms with Crippen LogP contribution in [-0.4, -0.2) is 44.6 Å². The van der Waals surface area contributed by atoms with Gasteiger partial charge in [-0.2, -0.15) is 0 Å². The normalized spacial score (nSPS) is 15.6. The van der Waals surface area contributed by atoms with E-state index in [0.29, 0.717) is 6.42 Å². The predicted molar refractivity (Wildman–Crippen MR) is 73.4 cm³/mol. The zero-order chi connectivity index (χ0) is 15.5. The van der Waals surface area contributed by atoms with Crippen molar-refractivity contribution in [1.29, 1.82) is 0 Å². The van der Waals surface area contributed by atoms with E-state index in [-0.39, 0.29) is 6.42 Å². The highest BCUT2D eigenvalue weighted by Crippen LogP contribution is 2.17. The van der Waals surface area contributed by atoms with Crippen molar-refractivity contribution >= 4 is 11.9 Å². The minimum atomic E-state index is -1.26. The molecule has 0 spiro atoms. The summed E-state index contributed by atoms with van der Waals surface area (Å²) in [7, 11) is 0. The summed E-state index contributed by atoms with van der Waals surface area (Å²) in [6.45, 7) is 2.10. The van der Waals surface area contributed by atoms with Gasteiger partial charge in [0.15, 0.2) is 0 Å². The molecule has 0 saturated heterocycles. The standard InChI is InChI=1S/C14H26O6/c1-2-3-4-5-6-7-11(15)12(16)8-10(14(19)20)9-13(17)18/h10-12,15-16H,2-9H2,1H3,(H,17,18)(H,19,20). The Balaban J connectivity index is 4.05. The van der Waals surface area contributed by atoms with Gasteiger partial charge in [0.2, 0.25) is 0 Å². The monoisotopic (exact) mass is 290 g/mol. The lowest BCUT2D eigenvalue weighted by Gasteiger charge is -2.20. The Kier molecular flexibility index (Phi) is 10.0. The van der Waals surface area contributed by atoms with E-state index in [0.717, 1.165) is 32.1 Å². The van der Waals surface area contributed by atoms with Crippen molar-refractivity contribution in [3.63, 3.8) is 0 Å². The van der Waals surface area contributed by atoms with Gasteiger partial charge in [-0.25, -0.2) is 0 Å². The van der Waals surface area contributed by atoms with Gasteiger partial charge in [0.05, 0.1) is 24.5 Å². The fourth-order valence-corrected chi connectivity index (χ4v) is 2.08. The van der Waals surface area contributed by atoms with Gasteiger partial charge in [0, 0.05) is 0 Å². The molecule has 0 fully saturated rings. The first kappa shape index (κ1) is 18.9. The summed E-state index contributed by atoms with van der Waals surface area (Å²) in [5, 5.41) is 37.0. The molecule has 6 heteroatoms. The predicted octanol–water partition coefficient (Wildman–Crippen LogP) is 1.63. The molecular weight excluding hydrogens is 264 g/mol. The molecule has 3 unspecified atom stereocenters. The maximum absolute atomic E-state index is 10.9. The molecule has 118 valence electrons. The molecular formula is C14H26O6. The summed E-state index contributed by atoms with van der Waals surface area (Å²) >= 11 is 0. The zero-order valence-corrected chi connectivity index (χ0v) is 12.0. The highest BCUT2D eigenvalue weighted by molar-refractivity contribution is 5.77. The van der Waals surface area contributed by atoms with Gasteiger partial charge in [0.25, 0.3) is 0 Å². The van der Waals surface area contributed by atoms with Crippen LogP contribution in [0.15, 0.2) is 0 Å². The molecule has 0 aromatic carbocycles. The number of rotatable bonds is 12. The van der Waals surface area contributed by atoms with Crippen molar-refractivity contribution in [2.45, 2.75) is 70.5 Å². The fraction of sp³-hybridized carbons (Fsp3) is 0.857. The van der Waals surface area contributed by atoms with Gasteiger partial charge in [-0.3, -0.25) is 9.59 Å². The van der Waals surface area contributed by atoms with Gasteiger partial charge >= 0.3 is 11.9 Å². The molecule has 0 aliphatic rings. The number of carbonyl (C=O) groups is 2. The number of hydrogen-bond donors (Lipinski definition) is 4. The molecule has 4 N–H and O–H groups in total. The van der Waals surface area contributed by atoms with E-state index in [4.69, 9.17) is 10.2 Å². The smallest absolute Gasteiger partial charge is 0.307 e. The lowest BCUT2D eigenvalue weighted by Crippen LogP contribution is -2.31. The topological polar surface area (TPSA) is 115 Å². The number of carboxylic acid groups (broad SMARTS) is 2. The molecule has 0 bridgehead atoms. The molecule has 0 aromatic heterocycles. The van der Waals surface area contributed by atoms with Crippen molar-refractivity contribution in [1.82, 2.24) is 0 Å². The second-order valence-electron chi connectivity index (χ2n) is 5.21. The number of unbranched alkanes of at least 4 members (excludes halogenated alkanes) is 4. The molecule has 0 aliphatic carbocycles. The van der Waals surface area contributed by atoms with Crippen LogP contribution in [0, 0.1) is 5.92 Å². The summed E-state index contributed by atoms with van der Waals surface area (Å²) < 4.78 is 0. The van der Waals surface area contributed by atoms with Gasteiger partial charge in [-0.15, -0.1) is 0 Å². The number of hydrogen-bond acceptors (Lipinski definition) is 4. The van der Waals surface area contributed by atoms with E-state index < -0.39 is 36.5 Å². The van der Waals surface area contributed by atoms with Gasteiger partial charge in [0.1, 0.15) is 0 Å². The van der Waals surface area contributed by atoms with Crippen LogP contribution >= 0.6 is 0 Å². The van der Waals surface area contributed by atoms with Crippen LogP contribution in [0.5, 0.6) is 0 Å². The van der Waals surface area contributed by atoms with E-state index in [2.05, 4.69) is 6.92 Å². The van der Waals surface area contributed by atoms with Crippen molar-refractivity contribution in [3.05, 3.63) is 0 Å². The Hall–Kier alpha value is -1.14. The number of aliphatic hydroxyl groups excluding tert-OH is 2. The second kappa shape index (κ2) is 10.6. The van der Waals surface area contributed by atoms with Crippen molar-refractivity contribution in [2.75, 3.05) is 0 Å². The Morgan fingerprint density at radius 1 is 0.950 bits per heavy atom. The molecule has 0 radical (unpaired) electrons. The molecule has 0 rings (SSSR count). The third-order valence-electron chi connectivity index (χ3n) is 3.34. The minimum Gasteiger partial charge on any atom is -0.481 e. The maximum atomic E-state index is 10.9. The van der Waals surface area contributed by atoms with E-state index >= 15 is 0 Å². The van der Waals surface area contributed by atoms with E-state index in [1.165, 1.54) is 0 Å². The van der Waals surface area contributed by atoms with Gasteiger partial charge in [-0.05, 0) is 12.8 Å². The van der Waals surface area contributed by atoms with Crippen LogP contribution in [0.1, 0.15) is 58.3 Å². The Labute approximate surface area is 119 Å². The molecule has 20 heavy (non-hydrogen) atoms. The quantitative estimate of drug-likeness (QED) is 0.406. The zero-order valence-electron chi connectivity index (χ0n) is 12.0. The molecule has 0 aromatic rings. The molecule has 0 saturated carbocycles. The van der Waals surface area contributed by atoms with E-state index in [9.17, 15) is 19.8 Å². The van der Waals surface area contributed by atoms with E-state index in [1.807, 2.05) is 0 Å². The number of carboxylic acids is 2. The number of aliphatic hydroxyl groups is 2. The maximum Gasteiger partial charge on any atom is 0.307 e. The third-order valence-corrected chi connectivity index (χ3v) is 3.34. The Bertz CT molecular complexity index is 291. The van der Waals surface area contributed by atoms with Crippen LogP contribution in [0.2, 0.25) is 0 Å². The molecule has 0 amide bonds. The van der Waals surface area contributed by atoms with Crippen LogP contribution < -0.4 is 0 Å². The first-order chi connectivity index (χ1) is 9.38. The summed E-state index contributed by atoms with van der Waals surface area (Å²) in [6, 6.07) is 0. The van der Waals surface area contributed by atoms with Crippen molar-refractivity contribution in [3.8, 4) is 0 Å². The van der Waals surface area contributed by atoms with Crippen molar-refractivity contribution < 1.29 is 30.0 Å². The fourth-order valence-electron chi connectivity index (χ4n) is 2.08. The second-order valence-corrected chi connectivity index (χ2v) is 5.21. The van der Waals surface area contributed by atoms with Gasteiger partial charge in [-0.1, -0.05) is 39.0 Å². The Morgan fingerprint density at radius 3 is 2.05 bits per heavy atom. The largest absolute Gasteiger partial charge is 0.481 e. The van der Waals surface area contributed by atoms with Crippen molar-refractivity contribution in [2.24, 2.45) is 5.92 Å². The third kappa shape index (κ3) is 8.87. The highest BCUT2D eigenvalue weighted by atomic mass is 16.4. The average molecular weight is 290 g/mol. The molecule has 0 aliphatic heterocycles. The van der Waals surface area contributed by atoms with Crippen LogP contribution in [0.25, 0.3) is 0 Å². The Morgan fingerprint density at radius 2 is 1.55 bits per heavy atom. The minimum absolute atomic E-state index is 0.238. The summed E-state index contributed by atoms with van der Waals surface area (Å²) in [4.78, 5) is 21.4. The summed E-state index contributed by atoms with van der Waals surface area (Å²) in [6.07, 6.45) is 2.52. The van der Waals surface area contributed by atoms with Crippen LogP contribution in [0.3, 0.4) is 0 Å². The summed E-state index contributed by atoms with van der Waals surface area (Å²) in [5.41, 5.74) is 0. The molecule has 6 nitrogen and oxygen atoms in total. The lowest BCUT2D eigenvalue weighted by atomic mass is 9.93. The highest BCUT2D eigenvalue weighted by Gasteiger charge is 2.27. The summed E-state index contributed by atoms with van der Waals surface area (Å²) in [5.74, 6) is -3.66. The lowest BCUT2D eigenvalue weighted by molar-refractivity contribution is -0.150. The first-order valence-corrected chi connectivity index (χ1v) is 7.19. The SMILES string of the molecule is CCCCCCCC(O)C(O)CC(CC(=O)O)C(=O)O. The molecule has 0 heterocycles. The first-order valence-electron chi connectivity index (χ1n) is 7.19. The van der Waals surface area contributed by atoms with Crippen LogP contribution in [-0.2, 0) is 9.59 Å². The number of aliphatic carboxylic acids is 2. The van der Waals surface area contributed by atoms with Gasteiger partial charge < -0.3 is 20.4 Å². The average Bonchev–Trinajstić information content (AvgIpc) is 2.36. The van der Waals surface area contributed by atoms with Crippen LogP contribution in [0.4, 0.5) is 0 Å².